The summed E-state index contributed by atoms with van der Waals surface area (Å²) in [6, 6.07) is 10.2. The third-order valence-electron chi connectivity index (χ3n) is 3.59. The van der Waals surface area contributed by atoms with Gasteiger partial charge in [0, 0.05) is 16.5 Å². The third-order valence-corrected chi connectivity index (χ3v) is 5.08. The maximum atomic E-state index is 12.4. The summed E-state index contributed by atoms with van der Waals surface area (Å²) in [4.78, 5) is 16.9. The van der Waals surface area contributed by atoms with Crippen molar-refractivity contribution in [1.82, 2.24) is 4.98 Å². The Bertz CT molecular complexity index is 959. The van der Waals surface area contributed by atoms with Crippen molar-refractivity contribution in [3.63, 3.8) is 0 Å². The Hall–Kier alpha value is -2.28. The number of thiazole rings is 1. The van der Waals surface area contributed by atoms with Gasteiger partial charge < -0.3 is 9.47 Å². The van der Waals surface area contributed by atoms with Crippen LogP contribution in [0.1, 0.15) is 10.4 Å². The van der Waals surface area contributed by atoms with Crippen LogP contribution in [0.2, 0.25) is 10.0 Å². The molecular weight excluding hydrogens is 395 g/mol. The van der Waals surface area contributed by atoms with Crippen LogP contribution in [0.5, 0.6) is 11.5 Å². The van der Waals surface area contributed by atoms with Gasteiger partial charge >= 0.3 is 0 Å². The molecule has 0 aliphatic heterocycles. The molecule has 0 atom stereocenters. The number of rotatable bonds is 5. The maximum Gasteiger partial charge on any atom is 0.257 e. The lowest BCUT2D eigenvalue weighted by molar-refractivity contribution is 0.102. The summed E-state index contributed by atoms with van der Waals surface area (Å²) in [6.45, 7) is 0. The second kappa shape index (κ2) is 7.95. The molecule has 26 heavy (non-hydrogen) atoms. The standard InChI is InChI=1S/C18H14Cl2N2O3S/c1-24-15-6-4-11(8-16(15)25-2)17(23)22-18-21-14(9-26-18)10-3-5-12(19)13(20)7-10/h3-9H,1-2H3,(H,21,22,23). The molecule has 0 aliphatic rings. The molecule has 1 aromatic heterocycles. The first-order valence-electron chi connectivity index (χ1n) is 7.46. The van der Waals surface area contributed by atoms with Gasteiger partial charge in [-0.2, -0.15) is 0 Å². The number of carbonyl (C=O) groups excluding carboxylic acids is 1. The average Bonchev–Trinajstić information content (AvgIpc) is 3.11. The Balaban J connectivity index is 1.78. The Labute approximate surface area is 164 Å². The summed E-state index contributed by atoms with van der Waals surface area (Å²) in [5.74, 6) is 0.747. The molecule has 3 rings (SSSR count). The van der Waals surface area contributed by atoms with Gasteiger partial charge in [-0.1, -0.05) is 29.3 Å². The summed E-state index contributed by atoms with van der Waals surface area (Å²) >= 11 is 13.3. The largest absolute Gasteiger partial charge is 0.493 e. The lowest BCUT2D eigenvalue weighted by Gasteiger charge is -2.09. The molecule has 0 radical (unpaired) electrons. The summed E-state index contributed by atoms with van der Waals surface area (Å²) < 4.78 is 10.4. The van der Waals surface area contributed by atoms with Gasteiger partial charge in [0.25, 0.3) is 5.91 Å². The number of nitrogens with one attached hydrogen (secondary N) is 1. The molecule has 0 saturated carbocycles. The van der Waals surface area contributed by atoms with Crippen molar-refractivity contribution in [1.29, 1.82) is 0 Å². The highest BCUT2D eigenvalue weighted by Crippen LogP contribution is 2.31. The third kappa shape index (κ3) is 3.93. The molecule has 0 aliphatic carbocycles. The van der Waals surface area contributed by atoms with Crippen molar-refractivity contribution in [2.24, 2.45) is 0 Å². The van der Waals surface area contributed by atoms with Gasteiger partial charge in [0.15, 0.2) is 16.6 Å². The predicted octanol–water partition coefficient (Wildman–Crippen LogP) is 5.39. The van der Waals surface area contributed by atoms with E-state index in [1.54, 1.807) is 30.3 Å². The van der Waals surface area contributed by atoms with Gasteiger partial charge in [-0.05, 0) is 30.3 Å². The van der Waals surface area contributed by atoms with Crippen LogP contribution in [0.4, 0.5) is 5.13 Å². The zero-order valence-corrected chi connectivity index (χ0v) is 16.2. The van der Waals surface area contributed by atoms with Gasteiger partial charge in [0.1, 0.15) is 0 Å². The molecule has 0 fully saturated rings. The highest BCUT2D eigenvalue weighted by Gasteiger charge is 2.13. The van der Waals surface area contributed by atoms with Crippen molar-refractivity contribution in [2.75, 3.05) is 19.5 Å². The Morgan fingerprint density at radius 1 is 1.04 bits per heavy atom. The van der Waals surface area contributed by atoms with E-state index < -0.39 is 0 Å². The van der Waals surface area contributed by atoms with Crippen LogP contribution < -0.4 is 14.8 Å². The number of hydrogen-bond donors (Lipinski definition) is 1. The number of aromatic nitrogens is 1. The van der Waals surface area contributed by atoms with Crippen LogP contribution in [0.25, 0.3) is 11.3 Å². The molecule has 8 heteroatoms. The van der Waals surface area contributed by atoms with E-state index in [9.17, 15) is 4.79 Å². The lowest BCUT2D eigenvalue weighted by Crippen LogP contribution is -2.11. The van der Waals surface area contributed by atoms with Crippen LogP contribution in [0.15, 0.2) is 41.8 Å². The topological polar surface area (TPSA) is 60.5 Å². The molecular formula is C18H14Cl2N2O3S. The van der Waals surface area contributed by atoms with E-state index in [4.69, 9.17) is 32.7 Å². The monoisotopic (exact) mass is 408 g/mol. The van der Waals surface area contributed by atoms with Gasteiger partial charge in [0.05, 0.1) is 30.0 Å². The van der Waals surface area contributed by atoms with E-state index in [1.165, 1.54) is 25.6 Å². The minimum atomic E-state index is -0.291. The fourth-order valence-corrected chi connectivity index (χ4v) is 3.28. The molecule has 0 spiro atoms. The van der Waals surface area contributed by atoms with Crippen LogP contribution in [0, 0.1) is 0 Å². The Kier molecular flexibility index (Phi) is 5.66. The maximum absolute atomic E-state index is 12.4. The normalized spacial score (nSPS) is 10.5. The number of halogens is 2. The van der Waals surface area contributed by atoms with E-state index in [0.29, 0.717) is 37.9 Å². The lowest BCUT2D eigenvalue weighted by atomic mass is 10.2. The number of carbonyl (C=O) groups is 1. The molecule has 5 nitrogen and oxygen atoms in total. The summed E-state index contributed by atoms with van der Waals surface area (Å²) in [5.41, 5.74) is 1.97. The fraction of sp³-hybridized carbons (Fsp3) is 0.111. The zero-order chi connectivity index (χ0) is 18.7. The van der Waals surface area contributed by atoms with Crippen molar-refractivity contribution < 1.29 is 14.3 Å². The zero-order valence-electron chi connectivity index (χ0n) is 13.9. The van der Waals surface area contributed by atoms with Crippen molar-refractivity contribution in [3.05, 3.63) is 57.4 Å². The highest BCUT2D eigenvalue weighted by atomic mass is 35.5. The van der Waals surface area contributed by atoms with E-state index in [0.717, 1.165) is 5.56 Å². The summed E-state index contributed by atoms with van der Waals surface area (Å²) in [6.07, 6.45) is 0. The first-order valence-corrected chi connectivity index (χ1v) is 9.09. The Morgan fingerprint density at radius 3 is 2.50 bits per heavy atom. The molecule has 1 heterocycles. The van der Waals surface area contributed by atoms with Crippen molar-refractivity contribution in [2.45, 2.75) is 0 Å². The first kappa shape index (κ1) is 18.5. The van der Waals surface area contributed by atoms with Crippen LogP contribution in [-0.2, 0) is 0 Å². The van der Waals surface area contributed by atoms with Gasteiger partial charge in [0.2, 0.25) is 0 Å². The minimum Gasteiger partial charge on any atom is -0.493 e. The van der Waals surface area contributed by atoms with Crippen LogP contribution in [0.3, 0.4) is 0 Å². The van der Waals surface area contributed by atoms with E-state index in [1.807, 2.05) is 11.4 Å². The van der Waals surface area contributed by atoms with Gasteiger partial charge in [-0.25, -0.2) is 4.98 Å². The average molecular weight is 409 g/mol. The molecule has 134 valence electrons. The molecule has 3 aromatic rings. The number of anilines is 1. The summed E-state index contributed by atoms with van der Waals surface area (Å²) in [7, 11) is 3.06. The predicted molar refractivity (Wildman–Crippen MR) is 105 cm³/mol. The second-order valence-electron chi connectivity index (χ2n) is 5.19. The molecule has 1 amide bonds. The molecule has 0 unspecified atom stereocenters. The van der Waals surface area contributed by atoms with Crippen molar-refractivity contribution >= 4 is 45.6 Å². The minimum absolute atomic E-state index is 0.291. The first-order chi connectivity index (χ1) is 12.5. The highest BCUT2D eigenvalue weighted by molar-refractivity contribution is 7.14. The number of amides is 1. The van der Waals surface area contributed by atoms with Gasteiger partial charge in [-0.3, -0.25) is 10.1 Å². The molecule has 2 aromatic carbocycles. The smallest absolute Gasteiger partial charge is 0.257 e. The van der Waals surface area contributed by atoms with Gasteiger partial charge in [-0.15, -0.1) is 11.3 Å². The number of nitrogens with zero attached hydrogens (tertiary/aromatic N) is 1. The summed E-state index contributed by atoms with van der Waals surface area (Å²) in [5, 5.41) is 6.02. The second-order valence-corrected chi connectivity index (χ2v) is 6.86. The molecule has 0 bridgehead atoms. The Morgan fingerprint density at radius 2 is 1.81 bits per heavy atom. The fourth-order valence-electron chi connectivity index (χ4n) is 2.27. The number of hydrogen-bond acceptors (Lipinski definition) is 5. The van der Waals surface area contributed by atoms with E-state index >= 15 is 0 Å². The molecule has 0 saturated heterocycles. The quantitative estimate of drug-likeness (QED) is 0.614. The SMILES string of the molecule is COc1ccc(C(=O)Nc2nc(-c3ccc(Cl)c(Cl)c3)cs2)cc1OC. The number of benzene rings is 2. The van der Waals surface area contributed by atoms with Crippen LogP contribution in [-0.4, -0.2) is 25.1 Å². The van der Waals surface area contributed by atoms with Crippen molar-refractivity contribution in [3.8, 4) is 22.8 Å². The number of ether oxygens (including phenoxy) is 2. The van der Waals surface area contributed by atoms with E-state index in [-0.39, 0.29) is 5.91 Å². The molecule has 1 N–H and O–H groups in total. The van der Waals surface area contributed by atoms with E-state index in [2.05, 4.69) is 10.3 Å². The van der Waals surface area contributed by atoms with Crippen LogP contribution >= 0.6 is 34.5 Å². The number of methoxy groups -OCH3 is 2.